The highest BCUT2D eigenvalue weighted by Crippen LogP contribution is 2.29. The van der Waals surface area contributed by atoms with Gasteiger partial charge >= 0.3 is 0 Å². The minimum absolute atomic E-state index is 0.0163. The second kappa shape index (κ2) is 8.71. The number of nitro groups is 1. The first kappa shape index (κ1) is 21.0. The molecule has 0 unspecified atom stereocenters. The summed E-state index contributed by atoms with van der Waals surface area (Å²) in [7, 11) is 0. The fourth-order valence-corrected chi connectivity index (χ4v) is 3.15. The molecule has 1 N–H and O–H groups in total. The maximum Gasteiger partial charge on any atom is 0.271 e. The van der Waals surface area contributed by atoms with Crippen molar-refractivity contribution in [2.24, 2.45) is 0 Å². The fraction of sp³-hybridized carbons (Fsp3) is 0.200. The number of hydrogen-bond acceptors (Lipinski definition) is 6. The lowest BCUT2D eigenvalue weighted by Crippen LogP contribution is -2.23. The second-order valence-corrected chi connectivity index (χ2v) is 6.83. The van der Waals surface area contributed by atoms with Crippen molar-refractivity contribution >= 4 is 29.0 Å². The Kier molecular flexibility index (Phi) is 6.09. The standard InChI is InChI=1S/C20H17ClN4O5/c1-12-13(2)24(10-15-4-3-7-29-15)20(16(12)9-22)23-19(26)11-30-18-6-5-14(25(27)28)8-17(18)21/h3-8H,10-11H2,1-2H3,(H,23,26). The van der Waals surface area contributed by atoms with Crippen LogP contribution in [0.2, 0.25) is 5.02 Å². The van der Waals surface area contributed by atoms with Crippen LogP contribution >= 0.6 is 11.6 Å². The predicted molar refractivity (Wildman–Crippen MR) is 109 cm³/mol. The molecule has 0 saturated heterocycles. The van der Waals surface area contributed by atoms with Crippen molar-refractivity contribution in [1.82, 2.24) is 4.57 Å². The molecule has 0 radical (unpaired) electrons. The minimum Gasteiger partial charge on any atom is -0.482 e. The summed E-state index contributed by atoms with van der Waals surface area (Å²) in [6, 6.07) is 9.37. The number of non-ortho nitro benzene ring substituents is 1. The van der Waals surface area contributed by atoms with Gasteiger partial charge in [0, 0.05) is 17.8 Å². The maximum absolute atomic E-state index is 12.5. The number of carbonyl (C=O) groups is 1. The largest absolute Gasteiger partial charge is 0.482 e. The molecule has 0 atom stereocenters. The molecule has 9 nitrogen and oxygen atoms in total. The zero-order valence-electron chi connectivity index (χ0n) is 16.1. The quantitative estimate of drug-likeness (QED) is 0.444. The SMILES string of the molecule is Cc1c(C#N)c(NC(=O)COc2ccc([N+](=O)[O-])cc2Cl)n(Cc2ccco2)c1C. The third-order valence-corrected chi connectivity index (χ3v) is 4.87. The molecule has 0 aliphatic carbocycles. The third-order valence-electron chi connectivity index (χ3n) is 4.58. The molecule has 0 aliphatic heterocycles. The van der Waals surface area contributed by atoms with E-state index >= 15 is 0 Å². The van der Waals surface area contributed by atoms with Gasteiger partial charge in [-0.2, -0.15) is 5.26 Å². The van der Waals surface area contributed by atoms with Crippen molar-refractivity contribution < 1.29 is 18.9 Å². The van der Waals surface area contributed by atoms with Gasteiger partial charge in [-0.25, -0.2) is 0 Å². The van der Waals surface area contributed by atoms with E-state index in [0.29, 0.717) is 23.7 Å². The lowest BCUT2D eigenvalue weighted by molar-refractivity contribution is -0.384. The number of hydrogen-bond donors (Lipinski definition) is 1. The van der Waals surface area contributed by atoms with Gasteiger partial charge in [0.1, 0.15) is 23.4 Å². The summed E-state index contributed by atoms with van der Waals surface area (Å²) < 4.78 is 12.5. The first-order chi connectivity index (χ1) is 14.3. The molecule has 30 heavy (non-hydrogen) atoms. The van der Waals surface area contributed by atoms with Crippen LogP contribution in [0.15, 0.2) is 41.0 Å². The Morgan fingerprint density at radius 2 is 2.17 bits per heavy atom. The Labute approximate surface area is 176 Å². The average molecular weight is 429 g/mol. The highest BCUT2D eigenvalue weighted by molar-refractivity contribution is 6.32. The molecule has 154 valence electrons. The van der Waals surface area contributed by atoms with Gasteiger partial charge in [-0.3, -0.25) is 14.9 Å². The smallest absolute Gasteiger partial charge is 0.271 e. The van der Waals surface area contributed by atoms with Crippen molar-refractivity contribution in [3.05, 3.63) is 74.3 Å². The fourth-order valence-electron chi connectivity index (χ4n) is 2.92. The van der Waals surface area contributed by atoms with Crippen molar-refractivity contribution in [1.29, 1.82) is 5.26 Å². The minimum atomic E-state index is -0.580. The number of furan rings is 1. The second-order valence-electron chi connectivity index (χ2n) is 6.42. The summed E-state index contributed by atoms with van der Waals surface area (Å²) in [6.45, 7) is 3.59. The molecule has 0 bridgehead atoms. The molecule has 0 spiro atoms. The molecule has 1 amide bonds. The molecular weight excluding hydrogens is 412 g/mol. The van der Waals surface area contributed by atoms with Crippen LogP contribution in [0.1, 0.15) is 22.6 Å². The van der Waals surface area contributed by atoms with Gasteiger partial charge in [0.05, 0.1) is 28.3 Å². The first-order valence-corrected chi connectivity index (χ1v) is 9.18. The molecular formula is C20H17ClN4O5. The molecule has 3 rings (SSSR count). The maximum atomic E-state index is 12.5. The number of anilines is 1. The topological polar surface area (TPSA) is 123 Å². The van der Waals surface area contributed by atoms with Crippen LogP contribution in [0.3, 0.4) is 0 Å². The number of nitrogens with one attached hydrogen (secondary N) is 1. The molecule has 0 fully saturated rings. The van der Waals surface area contributed by atoms with Crippen molar-refractivity contribution in [3.63, 3.8) is 0 Å². The van der Waals surface area contributed by atoms with Gasteiger partial charge in [-0.15, -0.1) is 0 Å². The van der Waals surface area contributed by atoms with E-state index < -0.39 is 17.4 Å². The van der Waals surface area contributed by atoms with Crippen LogP contribution < -0.4 is 10.1 Å². The summed E-state index contributed by atoms with van der Waals surface area (Å²) in [5, 5.41) is 23.0. The highest BCUT2D eigenvalue weighted by Gasteiger charge is 2.21. The van der Waals surface area contributed by atoms with Crippen LogP contribution in [0.4, 0.5) is 11.5 Å². The number of nitro benzene ring substituents is 1. The summed E-state index contributed by atoms with van der Waals surface area (Å²) in [5.74, 6) is 0.629. The van der Waals surface area contributed by atoms with E-state index in [1.807, 2.05) is 6.92 Å². The van der Waals surface area contributed by atoms with Crippen LogP contribution in [0.5, 0.6) is 5.75 Å². The molecule has 1 aromatic carbocycles. The Morgan fingerprint density at radius 3 is 2.77 bits per heavy atom. The van der Waals surface area contributed by atoms with E-state index in [2.05, 4.69) is 11.4 Å². The molecule has 2 heterocycles. The van der Waals surface area contributed by atoms with Crippen LogP contribution in [0.25, 0.3) is 0 Å². The van der Waals surface area contributed by atoms with E-state index in [9.17, 15) is 20.2 Å². The van der Waals surface area contributed by atoms with E-state index in [1.54, 1.807) is 29.9 Å². The summed E-state index contributed by atoms with van der Waals surface area (Å²) in [4.78, 5) is 22.7. The molecule has 2 aromatic heterocycles. The van der Waals surface area contributed by atoms with Gasteiger partial charge < -0.3 is 19.0 Å². The Morgan fingerprint density at radius 1 is 1.40 bits per heavy atom. The zero-order valence-corrected chi connectivity index (χ0v) is 16.9. The third kappa shape index (κ3) is 4.29. The molecule has 3 aromatic rings. The van der Waals surface area contributed by atoms with E-state index in [1.165, 1.54) is 12.1 Å². The molecule has 0 saturated carbocycles. The van der Waals surface area contributed by atoms with Crippen LogP contribution in [-0.2, 0) is 11.3 Å². The van der Waals surface area contributed by atoms with Crippen LogP contribution in [0, 0.1) is 35.3 Å². The number of nitriles is 1. The number of aromatic nitrogens is 1. The molecule has 0 aliphatic rings. The normalized spacial score (nSPS) is 10.5. The summed E-state index contributed by atoms with van der Waals surface area (Å²) >= 11 is 5.97. The van der Waals surface area contributed by atoms with Gasteiger partial charge in [-0.1, -0.05) is 11.6 Å². The number of amides is 1. The zero-order chi connectivity index (χ0) is 21.8. The van der Waals surface area contributed by atoms with E-state index in [0.717, 1.165) is 17.3 Å². The predicted octanol–water partition coefficient (Wildman–Crippen LogP) is 4.20. The van der Waals surface area contributed by atoms with Gasteiger partial charge in [0.25, 0.3) is 11.6 Å². The van der Waals surface area contributed by atoms with Gasteiger partial charge in [-0.05, 0) is 37.6 Å². The summed E-state index contributed by atoms with van der Waals surface area (Å²) in [5.41, 5.74) is 1.73. The van der Waals surface area contributed by atoms with Gasteiger partial charge in [0.2, 0.25) is 0 Å². The lowest BCUT2D eigenvalue weighted by atomic mass is 10.2. The number of halogens is 1. The number of carbonyl (C=O) groups excluding carboxylic acids is 1. The van der Waals surface area contributed by atoms with Crippen molar-refractivity contribution in [2.75, 3.05) is 11.9 Å². The first-order valence-electron chi connectivity index (χ1n) is 8.80. The Hall–Kier alpha value is -3.77. The van der Waals surface area contributed by atoms with E-state index in [4.69, 9.17) is 20.8 Å². The Balaban J connectivity index is 1.77. The average Bonchev–Trinajstić information content (AvgIpc) is 3.30. The number of ether oxygens (including phenoxy) is 1. The highest BCUT2D eigenvalue weighted by atomic mass is 35.5. The van der Waals surface area contributed by atoms with Crippen LogP contribution in [-0.4, -0.2) is 22.0 Å². The Bertz CT molecular complexity index is 1150. The van der Waals surface area contributed by atoms with Crippen molar-refractivity contribution in [3.8, 4) is 11.8 Å². The monoisotopic (exact) mass is 428 g/mol. The van der Waals surface area contributed by atoms with E-state index in [-0.39, 0.29) is 16.5 Å². The van der Waals surface area contributed by atoms with Gasteiger partial charge in [0.15, 0.2) is 6.61 Å². The number of benzene rings is 1. The number of nitrogens with zero attached hydrogens (tertiary/aromatic N) is 3. The lowest BCUT2D eigenvalue weighted by Gasteiger charge is -2.13. The summed E-state index contributed by atoms with van der Waals surface area (Å²) in [6.07, 6.45) is 1.55. The molecule has 10 heteroatoms. The number of rotatable bonds is 7. The van der Waals surface area contributed by atoms with Crippen molar-refractivity contribution in [2.45, 2.75) is 20.4 Å².